The minimum Gasteiger partial charge on any atom is -0.490 e. The SMILES string of the molecule is COCN1C(=O)c2cc(NC(=O)c3ccc(C(F)(F)F)cc3)ccc2OC[C@@H]2O[C@H](CC(=O)O)CC[C@@H]21. The van der Waals surface area contributed by atoms with Gasteiger partial charge in [-0.05, 0) is 55.3 Å². The van der Waals surface area contributed by atoms with Crippen LogP contribution in [-0.2, 0) is 20.4 Å². The number of fused-ring (bicyclic) bond motifs is 2. The third kappa shape index (κ3) is 6.03. The Labute approximate surface area is 210 Å². The van der Waals surface area contributed by atoms with Gasteiger partial charge >= 0.3 is 12.1 Å². The van der Waals surface area contributed by atoms with Crippen molar-refractivity contribution in [3.63, 3.8) is 0 Å². The first kappa shape index (κ1) is 26.4. The minimum atomic E-state index is -4.52. The molecule has 2 aromatic rings. The molecule has 0 spiro atoms. The molecule has 3 atom stereocenters. The van der Waals surface area contributed by atoms with Crippen molar-refractivity contribution in [2.75, 3.05) is 25.8 Å². The highest BCUT2D eigenvalue weighted by Gasteiger charge is 2.40. The fourth-order valence-corrected chi connectivity index (χ4v) is 4.49. The summed E-state index contributed by atoms with van der Waals surface area (Å²) in [6.07, 6.45) is -4.80. The highest BCUT2D eigenvalue weighted by Crippen LogP contribution is 2.33. The molecular weight excluding hydrogens is 497 g/mol. The Kier molecular flexibility index (Phi) is 7.69. The van der Waals surface area contributed by atoms with Gasteiger partial charge in [0.2, 0.25) is 0 Å². The first-order chi connectivity index (χ1) is 17.6. The van der Waals surface area contributed by atoms with Gasteiger partial charge < -0.3 is 29.5 Å². The van der Waals surface area contributed by atoms with E-state index in [0.717, 1.165) is 24.3 Å². The number of carbonyl (C=O) groups is 3. The molecule has 2 N–H and O–H groups in total. The van der Waals surface area contributed by atoms with Crippen LogP contribution in [0, 0.1) is 0 Å². The van der Waals surface area contributed by atoms with E-state index in [9.17, 15) is 27.6 Å². The quantitative estimate of drug-likeness (QED) is 0.593. The number of alkyl halides is 3. The summed E-state index contributed by atoms with van der Waals surface area (Å²) < 4.78 is 55.5. The molecule has 4 rings (SSSR count). The Hall–Kier alpha value is -3.64. The Morgan fingerprint density at radius 2 is 1.89 bits per heavy atom. The normalized spacial score (nSPS) is 21.7. The van der Waals surface area contributed by atoms with Crippen LogP contribution < -0.4 is 10.1 Å². The number of methoxy groups -OCH3 is 1. The van der Waals surface area contributed by atoms with E-state index in [4.69, 9.17) is 19.3 Å². The Morgan fingerprint density at radius 1 is 1.16 bits per heavy atom. The predicted octanol–water partition coefficient (Wildman–Crippen LogP) is 3.79. The number of halogens is 3. The molecule has 0 unspecified atom stereocenters. The second-order valence-corrected chi connectivity index (χ2v) is 8.78. The number of carboxylic acids is 1. The monoisotopic (exact) mass is 522 g/mol. The largest absolute Gasteiger partial charge is 0.490 e. The average Bonchev–Trinajstić information content (AvgIpc) is 2.85. The summed E-state index contributed by atoms with van der Waals surface area (Å²) in [5.41, 5.74) is -0.447. The zero-order chi connectivity index (χ0) is 26.7. The summed E-state index contributed by atoms with van der Waals surface area (Å²) in [5.74, 6) is -1.82. The first-order valence-corrected chi connectivity index (χ1v) is 11.5. The van der Waals surface area contributed by atoms with E-state index < -0.39 is 47.8 Å². The van der Waals surface area contributed by atoms with Crippen molar-refractivity contribution in [3.05, 3.63) is 59.2 Å². The molecule has 0 bridgehead atoms. The number of carbonyl (C=O) groups excluding carboxylic acids is 2. The Morgan fingerprint density at radius 3 is 2.54 bits per heavy atom. The molecule has 0 saturated carbocycles. The van der Waals surface area contributed by atoms with Gasteiger partial charge in [0, 0.05) is 18.4 Å². The van der Waals surface area contributed by atoms with Crippen molar-refractivity contribution in [2.24, 2.45) is 0 Å². The van der Waals surface area contributed by atoms with Crippen LogP contribution in [0.3, 0.4) is 0 Å². The highest BCUT2D eigenvalue weighted by atomic mass is 19.4. The lowest BCUT2D eigenvalue weighted by Gasteiger charge is -2.43. The molecule has 0 aliphatic carbocycles. The van der Waals surface area contributed by atoms with E-state index in [-0.39, 0.29) is 42.3 Å². The number of ether oxygens (including phenoxy) is 3. The summed E-state index contributed by atoms with van der Waals surface area (Å²) in [4.78, 5) is 38.7. The molecule has 2 heterocycles. The number of carboxylic acid groups (broad SMARTS) is 1. The molecule has 2 amide bonds. The molecule has 198 valence electrons. The lowest BCUT2D eigenvalue weighted by molar-refractivity contribution is -0.150. The van der Waals surface area contributed by atoms with Gasteiger partial charge in [-0.1, -0.05) is 0 Å². The number of nitrogens with one attached hydrogen (secondary N) is 1. The van der Waals surface area contributed by atoms with E-state index in [1.807, 2.05) is 0 Å². The molecule has 0 aromatic heterocycles. The Bertz CT molecular complexity index is 1170. The van der Waals surface area contributed by atoms with Gasteiger partial charge in [-0.25, -0.2) is 0 Å². The van der Waals surface area contributed by atoms with Gasteiger partial charge in [-0.3, -0.25) is 14.4 Å². The van der Waals surface area contributed by atoms with E-state index in [2.05, 4.69) is 5.32 Å². The lowest BCUT2D eigenvalue weighted by Crippen LogP contribution is -2.55. The Balaban J connectivity index is 1.55. The molecule has 0 radical (unpaired) electrons. The average molecular weight is 522 g/mol. The van der Waals surface area contributed by atoms with Gasteiger partial charge in [-0.2, -0.15) is 13.2 Å². The fraction of sp³-hybridized carbons (Fsp3) is 0.400. The first-order valence-electron chi connectivity index (χ1n) is 11.5. The molecule has 12 heteroatoms. The number of rotatable bonds is 6. The van der Waals surface area contributed by atoms with Gasteiger partial charge in [0.1, 0.15) is 25.2 Å². The number of anilines is 1. The minimum absolute atomic E-state index is 0.0152. The summed E-state index contributed by atoms with van der Waals surface area (Å²) in [6, 6.07) is 7.79. The number of benzene rings is 2. The highest BCUT2D eigenvalue weighted by molar-refractivity contribution is 6.05. The zero-order valence-corrected chi connectivity index (χ0v) is 19.8. The van der Waals surface area contributed by atoms with Crippen LogP contribution in [0.15, 0.2) is 42.5 Å². The van der Waals surface area contributed by atoms with Crippen molar-refractivity contribution in [1.82, 2.24) is 4.90 Å². The summed E-state index contributed by atoms with van der Waals surface area (Å²) in [6.45, 7) is 0.0209. The zero-order valence-electron chi connectivity index (χ0n) is 19.8. The second-order valence-electron chi connectivity index (χ2n) is 8.78. The van der Waals surface area contributed by atoms with Gasteiger partial charge in [0.15, 0.2) is 0 Å². The molecule has 2 aliphatic heterocycles. The number of hydrogen-bond acceptors (Lipinski definition) is 6. The van der Waals surface area contributed by atoms with Crippen LogP contribution >= 0.6 is 0 Å². The molecular formula is C25H25F3N2O7. The molecule has 9 nitrogen and oxygen atoms in total. The fourth-order valence-electron chi connectivity index (χ4n) is 4.49. The second kappa shape index (κ2) is 10.8. The van der Waals surface area contributed by atoms with Crippen LogP contribution in [0.5, 0.6) is 5.75 Å². The molecule has 1 fully saturated rings. The summed E-state index contributed by atoms with van der Waals surface area (Å²) in [7, 11) is 1.44. The van der Waals surface area contributed by atoms with Gasteiger partial charge in [-0.15, -0.1) is 0 Å². The van der Waals surface area contributed by atoms with Gasteiger partial charge in [0.05, 0.1) is 29.7 Å². The van der Waals surface area contributed by atoms with E-state index in [1.54, 1.807) is 0 Å². The molecule has 1 saturated heterocycles. The van der Waals surface area contributed by atoms with Crippen LogP contribution in [0.1, 0.15) is 45.5 Å². The maximum absolute atomic E-state index is 13.5. The van der Waals surface area contributed by atoms with Crippen molar-refractivity contribution >= 4 is 23.5 Å². The van der Waals surface area contributed by atoms with Crippen LogP contribution in [0.4, 0.5) is 18.9 Å². The smallest absolute Gasteiger partial charge is 0.416 e. The maximum atomic E-state index is 13.5. The number of amides is 2. The van der Waals surface area contributed by atoms with Crippen molar-refractivity contribution < 1.29 is 46.9 Å². The number of hydrogen-bond donors (Lipinski definition) is 2. The molecule has 37 heavy (non-hydrogen) atoms. The van der Waals surface area contributed by atoms with Crippen molar-refractivity contribution in [3.8, 4) is 5.75 Å². The summed E-state index contributed by atoms with van der Waals surface area (Å²) >= 11 is 0. The van der Waals surface area contributed by atoms with Crippen LogP contribution in [0.2, 0.25) is 0 Å². The molecule has 2 aliphatic rings. The van der Waals surface area contributed by atoms with Crippen molar-refractivity contribution in [2.45, 2.75) is 43.7 Å². The third-order valence-corrected chi connectivity index (χ3v) is 6.26. The topological polar surface area (TPSA) is 114 Å². The predicted molar refractivity (Wildman–Crippen MR) is 123 cm³/mol. The third-order valence-electron chi connectivity index (χ3n) is 6.26. The summed E-state index contributed by atoms with van der Waals surface area (Å²) in [5, 5.41) is 11.7. The lowest BCUT2D eigenvalue weighted by atomic mass is 9.94. The van der Waals surface area contributed by atoms with E-state index >= 15 is 0 Å². The van der Waals surface area contributed by atoms with E-state index in [1.165, 1.54) is 30.2 Å². The van der Waals surface area contributed by atoms with Gasteiger partial charge in [0.25, 0.3) is 11.8 Å². The number of aliphatic carboxylic acids is 1. The van der Waals surface area contributed by atoms with Crippen molar-refractivity contribution in [1.29, 1.82) is 0 Å². The molecule has 2 aromatic carbocycles. The maximum Gasteiger partial charge on any atom is 0.416 e. The standard InChI is InChI=1S/C25H25F3N2O7/c1-35-13-30-19-8-7-17(11-22(31)32)37-21(19)12-36-20-9-6-16(10-18(20)24(30)34)29-23(33)14-2-4-15(5-3-14)25(26,27)28/h2-6,9-10,17,19,21H,7-8,11-13H2,1H3,(H,29,33)(H,31,32)/t17-,19-,21-/m0/s1. The van der Waals surface area contributed by atoms with E-state index in [0.29, 0.717) is 12.8 Å². The number of nitrogens with zero attached hydrogens (tertiary/aromatic N) is 1. The van der Waals surface area contributed by atoms with Crippen LogP contribution in [-0.4, -0.2) is 66.5 Å². The van der Waals surface area contributed by atoms with Crippen LogP contribution in [0.25, 0.3) is 0 Å².